The Morgan fingerprint density at radius 1 is 1.19 bits per heavy atom. The molecule has 2 N–H and O–H groups in total. The summed E-state index contributed by atoms with van der Waals surface area (Å²) >= 11 is 0. The second-order valence-corrected chi connectivity index (χ2v) is 2.42. The molecule has 1 aromatic carbocycles. The van der Waals surface area contributed by atoms with E-state index in [1.165, 1.54) is 0 Å². The summed E-state index contributed by atoms with van der Waals surface area (Å²) in [6, 6.07) is 8.30. The van der Waals surface area contributed by atoms with Gasteiger partial charge in [-0.25, -0.2) is 4.79 Å². The first-order valence-corrected chi connectivity index (χ1v) is 4.08. The second kappa shape index (κ2) is 13.5. The molecule has 0 spiro atoms. The smallest absolute Gasteiger partial charge is 1.00 e. The van der Waals surface area contributed by atoms with Crippen molar-refractivity contribution in [2.45, 2.75) is 13.3 Å². The Bertz CT molecular complexity index is 315. The van der Waals surface area contributed by atoms with E-state index in [9.17, 15) is 9.59 Å². The molecule has 0 fully saturated rings. The van der Waals surface area contributed by atoms with Crippen LogP contribution in [-0.4, -0.2) is 59.9 Å². The Kier molecular flexibility index (Phi) is 18.3. The second-order valence-electron chi connectivity index (χ2n) is 2.42. The minimum atomic E-state index is -0.879. The molecule has 0 aromatic heterocycles. The molecule has 16 heavy (non-hydrogen) atoms. The summed E-state index contributed by atoms with van der Waals surface area (Å²) in [5.41, 5.74) is 0.331. The predicted octanol–water partition coefficient (Wildman–Crippen LogP) is -1.17. The third-order valence-corrected chi connectivity index (χ3v) is 1.32. The van der Waals surface area contributed by atoms with Crippen LogP contribution in [0.4, 0.5) is 0 Å². The quantitative estimate of drug-likeness (QED) is 0.658. The van der Waals surface area contributed by atoms with Crippen LogP contribution in [-0.2, 0) is 4.79 Å². The Morgan fingerprint density at radius 3 is 1.75 bits per heavy atom. The number of carboxylic acid groups (broad SMARTS) is 2. The molecule has 0 aliphatic carbocycles. The van der Waals surface area contributed by atoms with Gasteiger partial charge in [-0.3, -0.25) is 4.79 Å². The van der Waals surface area contributed by atoms with Gasteiger partial charge in [-0.15, -0.1) is 0 Å². The van der Waals surface area contributed by atoms with Crippen molar-refractivity contribution in [2.75, 3.05) is 0 Å². The number of carboxylic acids is 2. The summed E-state index contributed by atoms with van der Waals surface area (Å²) in [5, 5.41) is 16.1. The Balaban J connectivity index is -0.0000000385. The first kappa shape index (κ1) is 21.7. The average Bonchev–Trinajstić information content (AvgIpc) is 2.20. The van der Waals surface area contributed by atoms with Gasteiger partial charge in [0.05, 0.1) is 5.56 Å². The fourth-order valence-electron chi connectivity index (χ4n) is 0.581. The largest absolute Gasteiger partial charge is 2.00 e. The van der Waals surface area contributed by atoms with E-state index in [1.54, 1.807) is 37.3 Å². The van der Waals surface area contributed by atoms with E-state index in [4.69, 9.17) is 10.2 Å². The molecule has 1 aromatic rings. The van der Waals surface area contributed by atoms with Gasteiger partial charge in [-0.05, 0) is 12.1 Å². The van der Waals surface area contributed by atoms with E-state index < -0.39 is 11.9 Å². The van der Waals surface area contributed by atoms with Gasteiger partial charge in [-0.2, -0.15) is 0 Å². The van der Waals surface area contributed by atoms with E-state index in [2.05, 4.69) is 0 Å². The van der Waals surface area contributed by atoms with E-state index in [1.807, 2.05) is 0 Å². The molecule has 0 radical (unpaired) electrons. The standard InChI is InChI=1S/C7H6O2.C3H6O2.Ca.Na.3H/c8-7(9)6-4-2-1-3-5-6;1-2-3(4)5;;;;;/h1-5H,(H,8,9);2H2,1H3,(H,4,5);;;;;/q;;+2;+1;3*-1. The molecule has 6 heteroatoms. The van der Waals surface area contributed by atoms with Crippen molar-refractivity contribution in [1.29, 1.82) is 0 Å². The van der Waals surface area contributed by atoms with Crippen LogP contribution in [0.25, 0.3) is 0 Å². The van der Waals surface area contributed by atoms with Crippen LogP contribution in [0.3, 0.4) is 0 Å². The Labute approximate surface area is 151 Å². The first-order valence-electron chi connectivity index (χ1n) is 4.08. The third kappa shape index (κ3) is 12.5. The molecule has 1 rings (SSSR count). The maximum absolute atomic E-state index is 10.2. The first-order chi connectivity index (χ1) is 6.57. The number of aromatic carboxylic acids is 1. The SMILES string of the molecule is CCC(=O)O.O=C(O)c1ccccc1.[Ca+2].[H-].[H-].[H-].[Na+]. The van der Waals surface area contributed by atoms with Gasteiger partial charge >= 0.3 is 79.2 Å². The van der Waals surface area contributed by atoms with Crippen LogP contribution in [0.5, 0.6) is 0 Å². The van der Waals surface area contributed by atoms with E-state index in [0.717, 1.165) is 0 Å². The predicted molar refractivity (Wildman–Crippen MR) is 60.4 cm³/mol. The fraction of sp³-hybridized carbons (Fsp3) is 0.200. The molecule has 82 valence electrons. The fourth-order valence-corrected chi connectivity index (χ4v) is 0.581. The number of hydrogen-bond donors (Lipinski definition) is 2. The summed E-state index contributed by atoms with van der Waals surface area (Å²) in [6.07, 6.45) is 0.222. The molecule has 0 amide bonds. The van der Waals surface area contributed by atoms with Gasteiger partial charge in [0.15, 0.2) is 0 Å². The average molecular weight is 262 g/mol. The van der Waals surface area contributed by atoms with Crippen molar-refractivity contribution < 1.29 is 53.6 Å². The number of benzene rings is 1. The third-order valence-electron chi connectivity index (χ3n) is 1.32. The molecule has 0 atom stereocenters. The molecule has 0 aliphatic rings. The normalized spacial score (nSPS) is 7.31. The minimum Gasteiger partial charge on any atom is -1.00 e. The maximum atomic E-state index is 10.2. The molecule has 0 heterocycles. The van der Waals surface area contributed by atoms with E-state index >= 15 is 0 Å². The van der Waals surface area contributed by atoms with Crippen molar-refractivity contribution in [2.24, 2.45) is 0 Å². The molecular formula is C10H15CaNaO4. The van der Waals surface area contributed by atoms with Crippen molar-refractivity contribution in [3.63, 3.8) is 0 Å². The maximum Gasteiger partial charge on any atom is 2.00 e. The van der Waals surface area contributed by atoms with Gasteiger partial charge in [0.1, 0.15) is 0 Å². The molecule has 0 bridgehead atoms. The van der Waals surface area contributed by atoms with Gasteiger partial charge in [-0.1, -0.05) is 25.1 Å². The zero-order chi connectivity index (χ0) is 11.0. The minimum absolute atomic E-state index is 0. The van der Waals surface area contributed by atoms with Crippen molar-refractivity contribution in [1.82, 2.24) is 0 Å². The molecule has 0 aliphatic heterocycles. The van der Waals surface area contributed by atoms with E-state index in [-0.39, 0.29) is 78.0 Å². The van der Waals surface area contributed by atoms with Crippen LogP contribution in [0.15, 0.2) is 30.3 Å². The van der Waals surface area contributed by atoms with Crippen LogP contribution in [0.2, 0.25) is 0 Å². The van der Waals surface area contributed by atoms with Crippen molar-refractivity contribution >= 4 is 49.7 Å². The van der Waals surface area contributed by atoms with Crippen molar-refractivity contribution in [3.05, 3.63) is 35.9 Å². The molecule has 0 saturated carbocycles. The Morgan fingerprint density at radius 2 is 1.56 bits per heavy atom. The van der Waals surface area contributed by atoms with Gasteiger partial charge in [0, 0.05) is 6.42 Å². The topological polar surface area (TPSA) is 74.6 Å². The van der Waals surface area contributed by atoms with Crippen LogP contribution < -0.4 is 29.6 Å². The number of carbonyl (C=O) groups is 2. The molecule has 0 saturated heterocycles. The summed E-state index contributed by atoms with van der Waals surface area (Å²) < 4.78 is 0. The van der Waals surface area contributed by atoms with E-state index in [0.29, 0.717) is 5.56 Å². The zero-order valence-corrected chi connectivity index (χ0v) is 13.7. The molecule has 4 nitrogen and oxygen atoms in total. The summed E-state index contributed by atoms with van der Waals surface area (Å²) in [6.45, 7) is 1.60. The number of rotatable bonds is 2. The van der Waals surface area contributed by atoms with Crippen LogP contribution >= 0.6 is 0 Å². The van der Waals surface area contributed by atoms with Gasteiger partial charge < -0.3 is 14.5 Å². The van der Waals surface area contributed by atoms with Crippen molar-refractivity contribution in [3.8, 4) is 0 Å². The summed E-state index contributed by atoms with van der Waals surface area (Å²) in [7, 11) is 0. The summed E-state index contributed by atoms with van der Waals surface area (Å²) in [4.78, 5) is 19.6. The van der Waals surface area contributed by atoms with Gasteiger partial charge in [0.25, 0.3) is 0 Å². The van der Waals surface area contributed by atoms with Crippen LogP contribution in [0.1, 0.15) is 28.0 Å². The summed E-state index contributed by atoms with van der Waals surface area (Å²) in [5.74, 6) is -1.62. The monoisotopic (exact) mass is 262 g/mol. The van der Waals surface area contributed by atoms with Gasteiger partial charge in [0.2, 0.25) is 0 Å². The number of hydrogen-bond acceptors (Lipinski definition) is 2. The Hall–Kier alpha value is 0.420. The van der Waals surface area contributed by atoms with Crippen LogP contribution in [0, 0.1) is 0 Å². The number of aliphatic carboxylic acids is 1. The molecule has 0 unspecified atom stereocenters. The zero-order valence-electron chi connectivity index (χ0n) is 12.5. The molecular weight excluding hydrogens is 247 g/mol.